The predicted molar refractivity (Wildman–Crippen MR) is 90.0 cm³/mol. The van der Waals surface area contributed by atoms with E-state index in [0.29, 0.717) is 38.5 Å². The highest BCUT2D eigenvalue weighted by atomic mass is 16.1. The van der Waals surface area contributed by atoms with Gasteiger partial charge in [-0.2, -0.15) is 0 Å². The van der Waals surface area contributed by atoms with Crippen LogP contribution in [0.5, 0.6) is 0 Å². The Hall–Kier alpha value is -1.03. The fourth-order valence-corrected chi connectivity index (χ4v) is 2.62. The molecule has 0 aromatic rings. The summed E-state index contributed by atoms with van der Waals surface area (Å²) in [6, 6.07) is 0. The first-order chi connectivity index (χ1) is 10.3. The maximum Gasteiger partial charge on any atom is 0.133 e. The Kier molecular flexibility index (Phi) is 11.0. The van der Waals surface area contributed by atoms with Crippen molar-refractivity contribution in [3.63, 3.8) is 0 Å². The number of nitrogens with one attached hydrogen (secondary N) is 1. The van der Waals surface area contributed by atoms with Crippen molar-refractivity contribution in [1.29, 1.82) is 0 Å². The normalized spacial score (nSPS) is 11.5. The molecule has 0 saturated carbocycles. The zero-order chi connectivity index (χ0) is 17.0. The molecular weight excluding hydrogens is 278 g/mol. The van der Waals surface area contributed by atoms with Gasteiger partial charge in [0, 0.05) is 25.7 Å². The summed E-state index contributed by atoms with van der Waals surface area (Å²) in [6.07, 6.45) is 6.55. The van der Waals surface area contributed by atoms with Gasteiger partial charge in [-0.15, -0.1) is 0 Å². The Morgan fingerprint density at radius 1 is 0.864 bits per heavy atom. The largest absolute Gasteiger partial charge is 0.320 e. The first-order valence-electron chi connectivity index (χ1n) is 8.44. The van der Waals surface area contributed by atoms with Crippen molar-refractivity contribution in [3.05, 3.63) is 0 Å². The summed E-state index contributed by atoms with van der Waals surface area (Å²) >= 11 is 0. The Balaban J connectivity index is 4.32. The van der Waals surface area contributed by atoms with Gasteiger partial charge in [-0.05, 0) is 58.5 Å². The number of unbranched alkanes of at least 4 members (excludes halogenated alkanes) is 2. The minimum Gasteiger partial charge on any atom is -0.320 e. The molecule has 0 spiro atoms. The number of rotatable bonds is 14. The van der Waals surface area contributed by atoms with Crippen molar-refractivity contribution in [2.75, 3.05) is 13.6 Å². The van der Waals surface area contributed by atoms with Gasteiger partial charge in [0.1, 0.15) is 17.3 Å². The van der Waals surface area contributed by atoms with Crippen LogP contribution in [0.15, 0.2) is 0 Å². The molecule has 0 aliphatic carbocycles. The molecule has 22 heavy (non-hydrogen) atoms. The van der Waals surface area contributed by atoms with E-state index >= 15 is 0 Å². The van der Waals surface area contributed by atoms with Crippen molar-refractivity contribution >= 4 is 17.3 Å². The lowest BCUT2D eigenvalue weighted by Crippen LogP contribution is -2.23. The third kappa shape index (κ3) is 11.6. The molecular formula is C18H33NO3. The highest BCUT2D eigenvalue weighted by molar-refractivity contribution is 5.80. The summed E-state index contributed by atoms with van der Waals surface area (Å²) in [4.78, 5) is 34.7. The summed E-state index contributed by atoms with van der Waals surface area (Å²) in [6.45, 7) is 6.19. The minimum atomic E-state index is -0.223. The molecule has 0 atom stereocenters. The Morgan fingerprint density at radius 3 is 1.86 bits per heavy atom. The second-order valence-electron chi connectivity index (χ2n) is 6.84. The number of hydrogen-bond acceptors (Lipinski definition) is 4. The average Bonchev–Trinajstić information content (AvgIpc) is 2.43. The minimum absolute atomic E-state index is 0.147. The van der Waals surface area contributed by atoms with E-state index in [-0.39, 0.29) is 22.8 Å². The number of ketones is 3. The molecule has 0 amide bonds. The molecule has 0 radical (unpaired) electrons. The van der Waals surface area contributed by atoms with E-state index in [1.165, 1.54) is 0 Å². The van der Waals surface area contributed by atoms with Crippen LogP contribution in [-0.4, -0.2) is 30.9 Å². The molecule has 0 unspecified atom stereocenters. The highest BCUT2D eigenvalue weighted by Crippen LogP contribution is 2.34. The van der Waals surface area contributed by atoms with Gasteiger partial charge in [-0.25, -0.2) is 0 Å². The van der Waals surface area contributed by atoms with Crippen LogP contribution in [0.1, 0.15) is 78.6 Å². The van der Waals surface area contributed by atoms with Gasteiger partial charge in [0.15, 0.2) is 0 Å². The van der Waals surface area contributed by atoms with E-state index < -0.39 is 0 Å². The van der Waals surface area contributed by atoms with Crippen LogP contribution in [-0.2, 0) is 14.4 Å². The van der Waals surface area contributed by atoms with Gasteiger partial charge in [-0.3, -0.25) is 4.79 Å². The lowest BCUT2D eigenvalue weighted by atomic mass is 9.75. The van der Waals surface area contributed by atoms with Crippen molar-refractivity contribution < 1.29 is 14.4 Å². The van der Waals surface area contributed by atoms with Gasteiger partial charge >= 0.3 is 0 Å². The molecule has 0 aliphatic rings. The molecule has 4 heteroatoms. The second-order valence-corrected chi connectivity index (χ2v) is 6.84. The van der Waals surface area contributed by atoms with Crippen LogP contribution in [0.3, 0.4) is 0 Å². The van der Waals surface area contributed by atoms with Crippen LogP contribution >= 0.6 is 0 Å². The molecule has 4 nitrogen and oxygen atoms in total. The number of carbonyl (C=O) groups excluding carboxylic acids is 3. The topological polar surface area (TPSA) is 63.2 Å². The van der Waals surface area contributed by atoms with E-state index in [0.717, 1.165) is 25.8 Å². The van der Waals surface area contributed by atoms with Crippen LogP contribution in [0, 0.1) is 5.41 Å². The van der Waals surface area contributed by atoms with E-state index in [9.17, 15) is 14.4 Å². The maximum absolute atomic E-state index is 12.2. The molecule has 128 valence electrons. The quantitative estimate of drug-likeness (QED) is 0.499. The van der Waals surface area contributed by atoms with Crippen LogP contribution < -0.4 is 5.32 Å². The molecule has 0 aliphatic heterocycles. The first-order valence-corrected chi connectivity index (χ1v) is 8.44. The summed E-state index contributed by atoms with van der Waals surface area (Å²) in [5.41, 5.74) is -0.223. The lowest BCUT2D eigenvalue weighted by Gasteiger charge is -2.28. The summed E-state index contributed by atoms with van der Waals surface area (Å²) in [5, 5.41) is 3.10. The Labute approximate surface area is 135 Å². The van der Waals surface area contributed by atoms with Gasteiger partial charge in [0.05, 0.1) is 0 Å². The molecule has 0 rings (SSSR count). The van der Waals surface area contributed by atoms with Crippen molar-refractivity contribution in [1.82, 2.24) is 5.32 Å². The fourth-order valence-electron chi connectivity index (χ4n) is 2.62. The van der Waals surface area contributed by atoms with Crippen LogP contribution in [0.2, 0.25) is 0 Å². The van der Waals surface area contributed by atoms with E-state index in [1.54, 1.807) is 13.8 Å². The van der Waals surface area contributed by atoms with Crippen molar-refractivity contribution in [2.45, 2.75) is 78.6 Å². The second kappa shape index (κ2) is 11.5. The standard InChI is InChI=1S/C18H33NO3/c1-15(20)9-11-18(3,12-10-16(2)21)14-17(22)8-6-5-7-13-19-4/h19H,5-14H2,1-4H3. The predicted octanol–water partition coefficient (Wildman–Crippen LogP) is 3.47. The number of Topliss-reactive ketones (excluding diaryl/α,β-unsaturated/α-hetero) is 3. The summed E-state index contributed by atoms with van der Waals surface area (Å²) in [7, 11) is 1.93. The van der Waals surface area contributed by atoms with Crippen LogP contribution in [0.25, 0.3) is 0 Å². The molecule has 0 aromatic carbocycles. The van der Waals surface area contributed by atoms with Gasteiger partial charge in [0.2, 0.25) is 0 Å². The average molecular weight is 311 g/mol. The Bertz CT molecular complexity index is 345. The molecule has 0 aromatic heterocycles. The molecule has 0 saturated heterocycles. The third-order valence-corrected chi connectivity index (χ3v) is 4.17. The van der Waals surface area contributed by atoms with Gasteiger partial charge < -0.3 is 14.9 Å². The zero-order valence-corrected chi connectivity index (χ0v) is 14.8. The fraction of sp³-hybridized carbons (Fsp3) is 0.833. The first kappa shape index (κ1) is 21.0. The molecule has 0 fully saturated rings. The molecule has 1 N–H and O–H groups in total. The van der Waals surface area contributed by atoms with E-state index in [1.807, 2.05) is 14.0 Å². The number of carbonyl (C=O) groups is 3. The molecule has 0 heterocycles. The third-order valence-electron chi connectivity index (χ3n) is 4.17. The highest BCUT2D eigenvalue weighted by Gasteiger charge is 2.27. The SMILES string of the molecule is CNCCCCCC(=O)CC(C)(CCC(C)=O)CCC(C)=O. The Morgan fingerprint density at radius 2 is 1.41 bits per heavy atom. The zero-order valence-electron chi connectivity index (χ0n) is 14.8. The van der Waals surface area contributed by atoms with E-state index in [2.05, 4.69) is 5.32 Å². The van der Waals surface area contributed by atoms with Gasteiger partial charge in [0.25, 0.3) is 0 Å². The summed E-state index contributed by atoms with van der Waals surface area (Å²) in [5.74, 6) is 0.557. The number of hydrogen-bond donors (Lipinski definition) is 1. The van der Waals surface area contributed by atoms with Gasteiger partial charge in [-0.1, -0.05) is 13.3 Å². The smallest absolute Gasteiger partial charge is 0.133 e. The van der Waals surface area contributed by atoms with Crippen molar-refractivity contribution in [2.24, 2.45) is 5.41 Å². The maximum atomic E-state index is 12.2. The van der Waals surface area contributed by atoms with E-state index in [4.69, 9.17) is 0 Å². The molecule has 0 bridgehead atoms. The summed E-state index contributed by atoms with van der Waals surface area (Å²) < 4.78 is 0. The van der Waals surface area contributed by atoms with Crippen LogP contribution in [0.4, 0.5) is 0 Å². The lowest BCUT2D eigenvalue weighted by molar-refractivity contribution is -0.123. The van der Waals surface area contributed by atoms with Crippen molar-refractivity contribution in [3.8, 4) is 0 Å². The monoisotopic (exact) mass is 311 g/mol.